The van der Waals surface area contributed by atoms with Gasteiger partial charge in [-0.25, -0.2) is 0 Å². The number of hydrogen-bond donors (Lipinski definition) is 1. The summed E-state index contributed by atoms with van der Waals surface area (Å²) in [4.78, 5) is 44.3. The monoisotopic (exact) mass is 408 g/mol. The van der Waals surface area contributed by atoms with E-state index in [9.17, 15) is 14.4 Å². The third-order valence-electron chi connectivity index (χ3n) is 5.22. The van der Waals surface area contributed by atoms with Gasteiger partial charge in [-0.1, -0.05) is 18.2 Å². The smallest absolute Gasteiger partial charge is 0.261 e. The normalized spacial score (nSPS) is 14.2. The van der Waals surface area contributed by atoms with E-state index in [0.29, 0.717) is 53.0 Å². The summed E-state index contributed by atoms with van der Waals surface area (Å²) in [5.41, 5.74) is 1.48. The van der Waals surface area contributed by atoms with Crippen molar-refractivity contribution in [2.45, 2.75) is 0 Å². The second-order valence-corrected chi connectivity index (χ2v) is 7.39. The summed E-state index contributed by atoms with van der Waals surface area (Å²) < 4.78 is 1.67. The van der Waals surface area contributed by atoms with Crippen LogP contribution in [0.1, 0.15) is 20.7 Å². The molecule has 2 aromatic carbocycles. The predicted octanol–water partition coefficient (Wildman–Crippen LogP) is 2.19. The largest absolute Gasteiger partial charge is 0.335 e. The third-order valence-corrected chi connectivity index (χ3v) is 5.60. The van der Waals surface area contributed by atoms with E-state index in [1.165, 1.54) is 4.57 Å². The van der Waals surface area contributed by atoms with Gasteiger partial charge < -0.3 is 14.8 Å². The molecule has 0 radical (unpaired) electrons. The highest BCUT2D eigenvalue weighted by atomic mass is 32.1. The molecule has 3 aromatic rings. The van der Waals surface area contributed by atoms with E-state index >= 15 is 0 Å². The summed E-state index contributed by atoms with van der Waals surface area (Å²) in [6, 6.07) is 14.1. The number of fused-ring (bicyclic) bond motifs is 1. The van der Waals surface area contributed by atoms with Gasteiger partial charge in [-0.3, -0.25) is 19.0 Å². The van der Waals surface area contributed by atoms with Crippen LogP contribution in [-0.4, -0.2) is 57.3 Å². The first-order valence-electron chi connectivity index (χ1n) is 9.32. The standard InChI is InChI=1S/C21H20N4O3S/c1-23-20(28)16-8-7-15(13-17(16)22-21(23)29)19(27)25-11-9-24(10-12-25)18(26)14-5-3-2-4-6-14/h2-8,13H,9-12H2,1H3,(H,22,29). The fourth-order valence-electron chi connectivity index (χ4n) is 3.50. The highest BCUT2D eigenvalue weighted by Gasteiger charge is 2.25. The lowest BCUT2D eigenvalue weighted by Gasteiger charge is -2.35. The molecule has 4 rings (SSSR count). The van der Waals surface area contributed by atoms with Gasteiger partial charge in [0.05, 0.1) is 10.9 Å². The number of aromatic amines is 1. The van der Waals surface area contributed by atoms with Crippen LogP contribution >= 0.6 is 12.2 Å². The summed E-state index contributed by atoms with van der Waals surface area (Å²) in [6.07, 6.45) is 0. The minimum Gasteiger partial charge on any atom is -0.335 e. The first kappa shape index (κ1) is 19.1. The van der Waals surface area contributed by atoms with Crippen LogP contribution in [0.4, 0.5) is 0 Å². The summed E-state index contributed by atoms with van der Waals surface area (Å²) in [5, 5.41) is 0.482. The van der Waals surface area contributed by atoms with Crippen molar-refractivity contribution in [2.75, 3.05) is 26.2 Å². The number of rotatable bonds is 2. The molecule has 1 aliphatic rings. The Morgan fingerprint density at radius 2 is 1.48 bits per heavy atom. The molecule has 29 heavy (non-hydrogen) atoms. The van der Waals surface area contributed by atoms with Crippen LogP contribution in [0.5, 0.6) is 0 Å². The molecule has 1 fully saturated rings. The van der Waals surface area contributed by atoms with Gasteiger partial charge in [-0.05, 0) is 42.5 Å². The van der Waals surface area contributed by atoms with Crippen molar-refractivity contribution in [3.05, 3.63) is 74.8 Å². The van der Waals surface area contributed by atoms with Crippen molar-refractivity contribution in [1.82, 2.24) is 19.4 Å². The SMILES string of the molecule is Cn1c(=S)[nH]c2cc(C(=O)N3CCN(C(=O)c4ccccc4)CC3)ccc2c1=O. The zero-order valence-electron chi connectivity index (χ0n) is 15.9. The first-order valence-corrected chi connectivity index (χ1v) is 9.73. The van der Waals surface area contributed by atoms with E-state index in [-0.39, 0.29) is 17.4 Å². The lowest BCUT2D eigenvalue weighted by molar-refractivity contribution is 0.0535. The van der Waals surface area contributed by atoms with Crippen molar-refractivity contribution >= 4 is 34.9 Å². The Morgan fingerprint density at radius 1 is 0.897 bits per heavy atom. The Kier molecular flexibility index (Phi) is 5.02. The van der Waals surface area contributed by atoms with Crippen LogP contribution in [0.2, 0.25) is 0 Å². The fraction of sp³-hybridized carbons (Fsp3) is 0.238. The van der Waals surface area contributed by atoms with E-state index in [0.717, 1.165) is 0 Å². The van der Waals surface area contributed by atoms with Gasteiger partial charge in [0, 0.05) is 44.4 Å². The average Bonchev–Trinajstić information content (AvgIpc) is 2.77. The van der Waals surface area contributed by atoms with E-state index in [1.54, 1.807) is 47.2 Å². The molecule has 0 unspecified atom stereocenters. The van der Waals surface area contributed by atoms with E-state index in [4.69, 9.17) is 12.2 Å². The maximum Gasteiger partial charge on any atom is 0.261 e. The van der Waals surface area contributed by atoms with Crippen LogP contribution in [0.15, 0.2) is 53.3 Å². The van der Waals surface area contributed by atoms with Crippen molar-refractivity contribution in [3.63, 3.8) is 0 Å². The third kappa shape index (κ3) is 3.58. The molecule has 0 bridgehead atoms. The highest BCUT2D eigenvalue weighted by Crippen LogP contribution is 2.15. The summed E-state index contributed by atoms with van der Waals surface area (Å²) >= 11 is 5.15. The number of aromatic nitrogens is 2. The van der Waals surface area contributed by atoms with Gasteiger partial charge in [0.15, 0.2) is 4.77 Å². The van der Waals surface area contributed by atoms with Crippen LogP contribution < -0.4 is 5.56 Å². The lowest BCUT2D eigenvalue weighted by atomic mass is 10.1. The number of carbonyl (C=O) groups is 2. The molecule has 148 valence electrons. The molecule has 2 heterocycles. The summed E-state index contributed by atoms with van der Waals surface area (Å²) in [6.45, 7) is 1.88. The summed E-state index contributed by atoms with van der Waals surface area (Å²) in [7, 11) is 1.61. The van der Waals surface area contributed by atoms with Gasteiger partial charge >= 0.3 is 0 Å². The molecule has 0 spiro atoms. The molecular weight excluding hydrogens is 388 g/mol. The zero-order chi connectivity index (χ0) is 20.5. The molecule has 2 amide bonds. The van der Waals surface area contributed by atoms with Crippen molar-refractivity contribution in [3.8, 4) is 0 Å². The minimum atomic E-state index is -0.198. The number of nitrogens with one attached hydrogen (secondary N) is 1. The molecule has 7 nitrogen and oxygen atoms in total. The van der Waals surface area contributed by atoms with Gasteiger partial charge in [0.1, 0.15) is 0 Å². The highest BCUT2D eigenvalue weighted by molar-refractivity contribution is 7.71. The number of amides is 2. The van der Waals surface area contributed by atoms with Crippen molar-refractivity contribution < 1.29 is 9.59 Å². The molecule has 0 aliphatic carbocycles. The number of hydrogen-bond acceptors (Lipinski definition) is 4. The number of benzene rings is 2. The molecule has 8 heteroatoms. The second kappa shape index (κ2) is 7.63. The maximum atomic E-state index is 12.9. The lowest BCUT2D eigenvalue weighted by Crippen LogP contribution is -2.50. The number of nitrogens with zero attached hydrogens (tertiary/aromatic N) is 3. The molecule has 0 atom stereocenters. The Morgan fingerprint density at radius 3 is 2.10 bits per heavy atom. The quantitative estimate of drug-likeness (QED) is 0.660. The molecule has 1 saturated heterocycles. The van der Waals surface area contributed by atoms with Gasteiger partial charge in [0.25, 0.3) is 17.4 Å². The van der Waals surface area contributed by atoms with Crippen molar-refractivity contribution in [2.24, 2.45) is 7.05 Å². The molecule has 0 saturated carbocycles. The minimum absolute atomic E-state index is 0.0215. The van der Waals surface area contributed by atoms with Crippen LogP contribution in [0, 0.1) is 4.77 Å². The number of piperazine rings is 1. The van der Waals surface area contributed by atoms with E-state index in [1.807, 2.05) is 18.2 Å². The molecule has 1 aliphatic heterocycles. The van der Waals surface area contributed by atoms with Crippen LogP contribution in [-0.2, 0) is 7.05 Å². The Hall–Kier alpha value is -3.26. The van der Waals surface area contributed by atoms with Crippen molar-refractivity contribution in [1.29, 1.82) is 0 Å². The second-order valence-electron chi connectivity index (χ2n) is 7.01. The molecular formula is C21H20N4O3S. The fourth-order valence-corrected chi connectivity index (χ4v) is 3.69. The van der Waals surface area contributed by atoms with Gasteiger partial charge in [0.2, 0.25) is 0 Å². The first-order chi connectivity index (χ1) is 14.0. The van der Waals surface area contributed by atoms with E-state index < -0.39 is 0 Å². The molecule has 1 aromatic heterocycles. The van der Waals surface area contributed by atoms with Gasteiger partial charge in [-0.2, -0.15) is 0 Å². The van der Waals surface area contributed by atoms with Crippen LogP contribution in [0.25, 0.3) is 10.9 Å². The van der Waals surface area contributed by atoms with E-state index in [2.05, 4.69) is 4.98 Å². The average molecular weight is 408 g/mol. The Bertz CT molecular complexity index is 1210. The topological polar surface area (TPSA) is 78.4 Å². The number of H-pyrrole nitrogens is 1. The Labute approximate surface area is 172 Å². The number of carbonyl (C=O) groups excluding carboxylic acids is 2. The molecule has 1 N–H and O–H groups in total. The predicted molar refractivity (Wildman–Crippen MR) is 113 cm³/mol. The zero-order valence-corrected chi connectivity index (χ0v) is 16.7. The van der Waals surface area contributed by atoms with Gasteiger partial charge in [-0.15, -0.1) is 0 Å². The van der Waals surface area contributed by atoms with Crippen LogP contribution in [0.3, 0.4) is 0 Å². The maximum absolute atomic E-state index is 12.9. The summed E-state index contributed by atoms with van der Waals surface area (Å²) in [5.74, 6) is -0.148. The Balaban J connectivity index is 1.50.